The minimum Gasteiger partial charge on any atom is -0.497 e. The number of hydrazine groups is 1. The van der Waals surface area contributed by atoms with Crippen LogP contribution in [0.5, 0.6) is 5.75 Å². The van der Waals surface area contributed by atoms with Crippen LogP contribution in [0.3, 0.4) is 0 Å². The van der Waals surface area contributed by atoms with Crippen LogP contribution in [-0.2, 0) is 31.9 Å². The number of aliphatic hydroxyl groups is 1. The van der Waals surface area contributed by atoms with Crippen LogP contribution in [0.1, 0.15) is 93.3 Å². The van der Waals surface area contributed by atoms with Gasteiger partial charge in [0.15, 0.2) is 29.4 Å². The van der Waals surface area contributed by atoms with Crippen LogP contribution >= 0.6 is 0 Å². The maximum Gasteiger partial charge on any atom is 0.268 e. The third-order valence-corrected chi connectivity index (χ3v) is 11.2. The van der Waals surface area contributed by atoms with Gasteiger partial charge in [-0.1, -0.05) is 18.2 Å². The number of allylic oxidation sites excluding steroid dienone is 2. The average Bonchev–Trinajstić information content (AvgIpc) is 3.17. The number of ether oxygens (including phenoxy) is 5. The molecule has 1 heterocycles. The Morgan fingerprint density at radius 2 is 1.56 bits per heavy atom. The van der Waals surface area contributed by atoms with Crippen LogP contribution in [0.4, 0.5) is 0 Å². The number of aliphatic hydroxyl groups excluding tert-OH is 1. The molecule has 7 rings (SSSR count). The second-order valence-electron chi connectivity index (χ2n) is 14.1. The zero-order valence-electron chi connectivity index (χ0n) is 30.8. The van der Waals surface area contributed by atoms with E-state index in [0.717, 1.165) is 23.3 Å². The number of nitrogens with zero attached hydrogens (tertiary/aromatic N) is 1. The summed E-state index contributed by atoms with van der Waals surface area (Å²) < 4.78 is 28.6. The number of ketones is 4. The van der Waals surface area contributed by atoms with Gasteiger partial charge < -0.3 is 28.8 Å². The fourth-order valence-corrected chi connectivity index (χ4v) is 8.36. The molecule has 3 unspecified atom stereocenters. The van der Waals surface area contributed by atoms with E-state index >= 15 is 0 Å². The number of fused-ring (bicyclic) bond motifs is 5. The molecule has 282 valence electrons. The molecule has 13 nitrogen and oxygen atoms in total. The van der Waals surface area contributed by atoms with Crippen molar-refractivity contribution in [1.29, 1.82) is 0 Å². The number of amides is 1. The Bertz CT molecular complexity index is 2090. The SMILES string of the molecule is COc1ccc(CN(NC2O[C@@H](C)[C@H](OC)[C@@H](O)[C@H]2OC)C(=O)c2cc3c(cc2C)CCC2(OC)C(=O)c4cc5c(cc4C(=O)C32)C(=O)C=CC5=O)cc1. The second kappa shape index (κ2) is 14.4. The Hall–Kier alpha value is -4.89. The lowest BCUT2D eigenvalue weighted by Gasteiger charge is -2.45. The van der Waals surface area contributed by atoms with Crippen molar-refractivity contribution in [3.05, 3.63) is 111 Å². The Kier molecular flexibility index (Phi) is 9.98. The fourth-order valence-electron chi connectivity index (χ4n) is 8.36. The molecule has 3 aromatic carbocycles. The van der Waals surface area contributed by atoms with Crippen molar-refractivity contribution in [2.75, 3.05) is 28.4 Å². The van der Waals surface area contributed by atoms with E-state index in [1.54, 1.807) is 39.2 Å². The Morgan fingerprint density at radius 3 is 2.17 bits per heavy atom. The van der Waals surface area contributed by atoms with Gasteiger partial charge in [-0.15, -0.1) is 0 Å². The number of methoxy groups -OCH3 is 4. The first-order valence-electron chi connectivity index (χ1n) is 17.7. The second-order valence-corrected chi connectivity index (χ2v) is 14.1. The molecule has 4 aliphatic rings. The molecule has 54 heavy (non-hydrogen) atoms. The molecule has 0 bridgehead atoms. The fraction of sp³-hybridized carbons (Fsp3) is 0.390. The summed E-state index contributed by atoms with van der Waals surface area (Å²) >= 11 is 0. The number of rotatable bonds is 9. The molecular weight excluding hydrogens is 696 g/mol. The molecule has 2 N–H and O–H groups in total. The van der Waals surface area contributed by atoms with Gasteiger partial charge in [-0.3, -0.25) is 29.0 Å². The van der Waals surface area contributed by atoms with Gasteiger partial charge in [-0.05, 0) is 91.4 Å². The number of benzene rings is 3. The van der Waals surface area contributed by atoms with E-state index in [-0.39, 0.29) is 40.8 Å². The van der Waals surface area contributed by atoms with Gasteiger partial charge in [0, 0.05) is 49.1 Å². The number of hydrogen-bond donors (Lipinski definition) is 2. The molecule has 0 spiro atoms. The van der Waals surface area contributed by atoms with Crippen molar-refractivity contribution >= 4 is 29.0 Å². The van der Waals surface area contributed by atoms with Crippen molar-refractivity contribution in [2.24, 2.45) is 0 Å². The lowest BCUT2D eigenvalue weighted by atomic mass is 9.61. The molecule has 0 aromatic heterocycles. The van der Waals surface area contributed by atoms with Crippen LogP contribution in [0.15, 0.2) is 60.7 Å². The molecule has 0 saturated carbocycles. The summed E-state index contributed by atoms with van der Waals surface area (Å²) in [6, 6.07) is 13.4. The van der Waals surface area contributed by atoms with E-state index < -0.39 is 71.2 Å². The number of hydrogen-bond acceptors (Lipinski definition) is 12. The van der Waals surface area contributed by atoms with Gasteiger partial charge in [-0.25, -0.2) is 5.43 Å². The van der Waals surface area contributed by atoms with E-state index in [0.29, 0.717) is 23.3 Å². The molecule has 3 aromatic rings. The molecule has 1 amide bonds. The number of aryl methyl sites for hydroxylation is 2. The van der Waals surface area contributed by atoms with Crippen molar-refractivity contribution in [1.82, 2.24) is 10.4 Å². The summed E-state index contributed by atoms with van der Waals surface area (Å²) in [6.07, 6.45) is -1.34. The highest BCUT2D eigenvalue weighted by Gasteiger charge is 2.57. The molecule has 0 radical (unpaired) electrons. The van der Waals surface area contributed by atoms with Gasteiger partial charge in [0.25, 0.3) is 5.91 Å². The summed E-state index contributed by atoms with van der Waals surface area (Å²) in [6.45, 7) is 3.60. The van der Waals surface area contributed by atoms with E-state index in [4.69, 9.17) is 23.7 Å². The van der Waals surface area contributed by atoms with Crippen LogP contribution in [0, 0.1) is 6.92 Å². The standard InChI is InChI=1S/C41H42N2O11/c1-20-15-23-13-14-41(53-6)33(34(46)29-17-27-28(18-30(29)38(41)48)32(45)12-11-31(27)44)26(23)16-25(20)40(49)43(19-22-7-9-24(50-3)10-8-22)42-39-37(52-5)35(47)36(51-4)21(2)54-39/h7-12,15-18,21,33,35-37,39,42,47H,13-14,19H2,1-6H3/t21-,33?,35+,36-,37+,39?,41?/m0/s1. The van der Waals surface area contributed by atoms with E-state index in [2.05, 4.69) is 5.43 Å². The highest BCUT2D eigenvalue weighted by Crippen LogP contribution is 2.50. The van der Waals surface area contributed by atoms with Gasteiger partial charge in [0.05, 0.1) is 25.7 Å². The lowest BCUT2D eigenvalue weighted by molar-refractivity contribution is -0.247. The maximum atomic E-state index is 14.8. The highest BCUT2D eigenvalue weighted by atomic mass is 16.6. The molecule has 1 fully saturated rings. The van der Waals surface area contributed by atoms with Gasteiger partial charge in [0.1, 0.15) is 29.7 Å². The predicted molar refractivity (Wildman–Crippen MR) is 193 cm³/mol. The normalized spacial score (nSPS) is 27.2. The number of nitrogens with one attached hydrogen (secondary N) is 1. The minimum atomic E-state index is -1.61. The van der Waals surface area contributed by atoms with E-state index in [9.17, 15) is 29.1 Å². The summed E-state index contributed by atoms with van der Waals surface area (Å²) in [7, 11) is 5.84. The van der Waals surface area contributed by atoms with Crippen molar-refractivity contribution < 1.29 is 52.8 Å². The zero-order valence-corrected chi connectivity index (χ0v) is 30.8. The number of Topliss-reactive ketones (excluding diaryl/α,β-unsaturated/α-hetero) is 2. The van der Waals surface area contributed by atoms with Gasteiger partial charge in [0.2, 0.25) is 0 Å². The quantitative estimate of drug-likeness (QED) is 0.306. The highest BCUT2D eigenvalue weighted by molar-refractivity contribution is 6.27. The van der Waals surface area contributed by atoms with Crippen molar-refractivity contribution in [2.45, 2.75) is 75.4 Å². The third kappa shape index (κ3) is 6.01. The van der Waals surface area contributed by atoms with Crippen molar-refractivity contribution in [3.63, 3.8) is 0 Å². The van der Waals surface area contributed by atoms with Crippen LogP contribution in [-0.4, -0.2) is 104 Å². The average molecular weight is 739 g/mol. The molecule has 13 heteroatoms. The Morgan fingerprint density at radius 1 is 0.907 bits per heavy atom. The maximum absolute atomic E-state index is 14.8. The molecular formula is C41H42N2O11. The van der Waals surface area contributed by atoms with Gasteiger partial charge >= 0.3 is 0 Å². The molecule has 7 atom stereocenters. The number of carbonyl (C=O) groups is 5. The predicted octanol–water partition coefficient (Wildman–Crippen LogP) is 3.72. The topological polar surface area (TPSA) is 167 Å². The third-order valence-electron chi connectivity index (χ3n) is 11.2. The van der Waals surface area contributed by atoms with Gasteiger partial charge in [-0.2, -0.15) is 0 Å². The molecule has 1 saturated heterocycles. The number of carbonyl (C=O) groups excluding carboxylic acids is 5. The summed E-state index contributed by atoms with van der Waals surface area (Å²) in [5.41, 5.74) is 4.60. The monoisotopic (exact) mass is 738 g/mol. The van der Waals surface area contributed by atoms with Crippen LogP contribution in [0.2, 0.25) is 0 Å². The first-order chi connectivity index (χ1) is 25.9. The Balaban J connectivity index is 1.30. The zero-order chi connectivity index (χ0) is 38.6. The van der Waals surface area contributed by atoms with E-state index in [1.807, 2.05) is 18.2 Å². The van der Waals surface area contributed by atoms with Crippen LogP contribution in [0.25, 0.3) is 0 Å². The summed E-state index contributed by atoms with van der Waals surface area (Å²) in [4.78, 5) is 69.3. The molecule has 1 aliphatic heterocycles. The largest absolute Gasteiger partial charge is 0.497 e. The summed E-state index contributed by atoms with van der Waals surface area (Å²) in [5.74, 6) is -2.76. The van der Waals surface area contributed by atoms with Crippen molar-refractivity contribution in [3.8, 4) is 5.75 Å². The first kappa shape index (κ1) is 37.4. The first-order valence-corrected chi connectivity index (χ1v) is 17.7. The van der Waals surface area contributed by atoms with E-state index in [1.165, 1.54) is 38.5 Å². The smallest absolute Gasteiger partial charge is 0.268 e. The van der Waals surface area contributed by atoms with Crippen LogP contribution < -0.4 is 10.2 Å². The molecule has 3 aliphatic carbocycles. The minimum absolute atomic E-state index is 0.0269. The Labute approximate surface area is 312 Å². The lowest BCUT2D eigenvalue weighted by Crippen LogP contribution is -2.65. The summed E-state index contributed by atoms with van der Waals surface area (Å²) in [5, 5.41) is 12.5.